The van der Waals surface area contributed by atoms with Crippen molar-refractivity contribution in [3.63, 3.8) is 0 Å². The van der Waals surface area contributed by atoms with Crippen molar-refractivity contribution in [2.45, 2.75) is 58.0 Å². The molecule has 0 bridgehead atoms. The van der Waals surface area contributed by atoms with Gasteiger partial charge in [0, 0.05) is 6.42 Å². The van der Waals surface area contributed by atoms with Crippen LogP contribution in [-0.2, 0) is 4.79 Å². The van der Waals surface area contributed by atoms with E-state index in [1.165, 1.54) is 0 Å². The Morgan fingerprint density at radius 2 is 1.73 bits per heavy atom. The maximum absolute atomic E-state index is 12.4. The molecule has 0 fully saturated rings. The van der Waals surface area contributed by atoms with Gasteiger partial charge >= 0.3 is 12.1 Å². The van der Waals surface area contributed by atoms with Gasteiger partial charge in [-0.2, -0.15) is 13.2 Å². The highest BCUT2D eigenvalue weighted by atomic mass is 19.4. The predicted octanol–water partition coefficient (Wildman–Crippen LogP) is 5.39. The molecule has 0 heterocycles. The van der Waals surface area contributed by atoms with Crippen LogP contribution in [0.15, 0.2) is 30.3 Å². The van der Waals surface area contributed by atoms with Crippen molar-refractivity contribution in [2.75, 3.05) is 0 Å². The van der Waals surface area contributed by atoms with E-state index in [2.05, 4.69) is 0 Å². The lowest BCUT2D eigenvalue weighted by atomic mass is 9.67. The zero-order valence-corrected chi connectivity index (χ0v) is 13.0. The highest BCUT2D eigenvalue weighted by Crippen LogP contribution is 2.45. The van der Waals surface area contributed by atoms with Gasteiger partial charge in [-0.25, -0.2) is 0 Å². The van der Waals surface area contributed by atoms with Crippen LogP contribution in [0, 0.1) is 5.41 Å². The predicted molar refractivity (Wildman–Crippen MR) is 79.7 cm³/mol. The van der Waals surface area contributed by atoms with Gasteiger partial charge in [0.25, 0.3) is 0 Å². The van der Waals surface area contributed by atoms with Crippen LogP contribution in [0.5, 0.6) is 0 Å². The zero-order chi connectivity index (χ0) is 16.8. The molecule has 1 aromatic carbocycles. The van der Waals surface area contributed by atoms with Crippen LogP contribution in [0.25, 0.3) is 0 Å². The number of hydrogen-bond donors (Lipinski definition) is 1. The first-order valence-corrected chi connectivity index (χ1v) is 7.58. The summed E-state index contributed by atoms with van der Waals surface area (Å²) in [6.45, 7) is 3.66. The minimum atomic E-state index is -4.24. The molecule has 1 aromatic rings. The first kappa shape index (κ1) is 18.5. The Hall–Kier alpha value is -1.52. The molecular weight excluding hydrogens is 293 g/mol. The topological polar surface area (TPSA) is 37.3 Å². The Morgan fingerprint density at radius 1 is 1.14 bits per heavy atom. The summed E-state index contributed by atoms with van der Waals surface area (Å²) < 4.78 is 37.2. The zero-order valence-electron chi connectivity index (χ0n) is 13.0. The largest absolute Gasteiger partial charge is 0.481 e. The van der Waals surface area contributed by atoms with Crippen LogP contribution in [0.1, 0.15) is 57.4 Å². The van der Waals surface area contributed by atoms with Crippen LogP contribution in [0.3, 0.4) is 0 Å². The Labute approximate surface area is 129 Å². The van der Waals surface area contributed by atoms with Gasteiger partial charge in [0.05, 0.1) is 5.41 Å². The smallest absolute Gasteiger partial charge is 0.389 e. The highest BCUT2D eigenvalue weighted by molar-refractivity contribution is 5.76. The third-order valence-corrected chi connectivity index (χ3v) is 4.33. The number of aliphatic carboxylic acids is 1. The highest BCUT2D eigenvalue weighted by Gasteiger charge is 2.43. The van der Waals surface area contributed by atoms with Gasteiger partial charge in [-0.15, -0.1) is 0 Å². The number of alkyl halides is 3. The summed E-state index contributed by atoms with van der Waals surface area (Å²) in [7, 11) is 0. The summed E-state index contributed by atoms with van der Waals surface area (Å²) in [6, 6.07) is 9.14. The van der Waals surface area contributed by atoms with Gasteiger partial charge in [-0.3, -0.25) is 4.79 Å². The Kier molecular flexibility index (Phi) is 6.45. The quantitative estimate of drug-likeness (QED) is 0.698. The van der Waals surface area contributed by atoms with E-state index in [4.69, 9.17) is 0 Å². The van der Waals surface area contributed by atoms with Crippen LogP contribution >= 0.6 is 0 Å². The SMILES string of the molecule is CCCC(CCCC(F)(F)F)(C(=O)O)C(C)c1ccccc1. The second kappa shape index (κ2) is 7.65. The summed E-state index contributed by atoms with van der Waals surface area (Å²) in [5.41, 5.74) is -0.299. The average Bonchev–Trinajstić information content (AvgIpc) is 2.45. The van der Waals surface area contributed by atoms with E-state index in [-0.39, 0.29) is 18.8 Å². The maximum atomic E-state index is 12.4. The normalized spacial score (nSPS) is 16.0. The average molecular weight is 316 g/mol. The van der Waals surface area contributed by atoms with Crippen molar-refractivity contribution in [1.29, 1.82) is 0 Å². The summed E-state index contributed by atoms with van der Waals surface area (Å²) in [5, 5.41) is 9.73. The van der Waals surface area contributed by atoms with Crippen molar-refractivity contribution >= 4 is 5.97 Å². The van der Waals surface area contributed by atoms with Gasteiger partial charge in [-0.1, -0.05) is 50.6 Å². The van der Waals surface area contributed by atoms with E-state index in [9.17, 15) is 23.1 Å². The molecule has 0 aliphatic heterocycles. The van der Waals surface area contributed by atoms with Crippen molar-refractivity contribution in [1.82, 2.24) is 0 Å². The molecule has 0 saturated carbocycles. The molecule has 0 radical (unpaired) electrons. The molecular formula is C17H23F3O2. The van der Waals surface area contributed by atoms with E-state index >= 15 is 0 Å². The number of carboxylic acids is 1. The van der Waals surface area contributed by atoms with Crippen molar-refractivity contribution in [3.05, 3.63) is 35.9 Å². The lowest BCUT2D eigenvalue weighted by Gasteiger charge is -2.36. The summed E-state index contributed by atoms with van der Waals surface area (Å²) in [6.07, 6.45) is -4.32. The first-order chi connectivity index (χ1) is 10.2. The molecule has 0 aliphatic carbocycles. The van der Waals surface area contributed by atoms with E-state index in [1.54, 1.807) is 6.92 Å². The van der Waals surface area contributed by atoms with E-state index in [0.717, 1.165) is 5.56 Å². The van der Waals surface area contributed by atoms with Crippen LogP contribution in [-0.4, -0.2) is 17.3 Å². The van der Waals surface area contributed by atoms with Gasteiger partial charge in [0.1, 0.15) is 0 Å². The molecule has 2 nitrogen and oxygen atoms in total. The number of rotatable bonds is 8. The van der Waals surface area contributed by atoms with Crippen molar-refractivity contribution < 1.29 is 23.1 Å². The minimum Gasteiger partial charge on any atom is -0.481 e. The molecule has 124 valence electrons. The van der Waals surface area contributed by atoms with Gasteiger partial charge < -0.3 is 5.11 Å². The molecule has 0 aromatic heterocycles. The summed E-state index contributed by atoms with van der Waals surface area (Å²) in [4.78, 5) is 11.9. The van der Waals surface area contributed by atoms with Gasteiger partial charge in [0.15, 0.2) is 0 Å². The standard InChI is InChI=1S/C17H23F3O2/c1-3-10-16(15(21)22,11-7-12-17(18,19)20)13(2)14-8-5-4-6-9-14/h4-6,8-9,13H,3,7,10-12H2,1-2H3,(H,21,22). The van der Waals surface area contributed by atoms with Crippen LogP contribution in [0.4, 0.5) is 13.2 Å². The van der Waals surface area contributed by atoms with E-state index in [0.29, 0.717) is 12.8 Å². The second-order valence-corrected chi connectivity index (χ2v) is 5.81. The molecule has 0 amide bonds. The Morgan fingerprint density at radius 3 is 2.18 bits per heavy atom. The van der Waals surface area contributed by atoms with Crippen LogP contribution in [0.2, 0.25) is 0 Å². The third-order valence-electron chi connectivity index (χ3n) is 4.33. The summed E-state index contributed by atoms with van der Waals surface area (Å²) >= 11 is 0. The fraction of sp³-hybridized carbons (Fsp3) is 0.588. The Bertz CT molecular complexity index is 471. The molecule has 1 rings (SSSR count). The minimum absolute atomic E-state index is 0.0335. The first-order valence-electron chi connectivity index (χ1n) is 7.58. The molecule has 22 heavy (non-hydrogen) atoms. The monoisotopic (exact) mass is 316 g/mol. The van der Waals surface area contributed by atoms with Gasteiger partial charge in [-0.05, 0) is 30.7 Å². The number of benzene rings is 1. The molecule has 0 aliphatic rings. The molecule has 0 saturated heterocycles. The number of hydrogen-bond acceptors (Lipinski definition) is 1. The molecule has 1 N–H and O–H groups in total. The fourth-order valence-electron chi connectivity index (χ4n) is 3.07. The number of carboxylic acid groups (broad SMARTS) is 1. The molecule has 2 atom stereocenters. The van der Waals surface area contributed by atoms with Crippen LogP contribution < -0.4 is 0 Å². The molecule has 2 unspecified atom stereocenters. The summed E-state index contributed by atoms with van der Waals surface area (Å²) in [5.74, 6) is -1.34. The van der Waals surface area contributed by atoms with E-state index in [1.807, 2.05) is 37.3 Å². The maximum Gasteiger partial charge on any atom is 0.389 e. The van der Waals surface area contributed by atoms with Crippen molar-refractivity contribution in [2.24, 2.45) is 5.41 Å². The molecule has 5 heteroatoms. The lowest BCUT2D eigenvalue weighted by Crippen LogP contribution is -2.36. The fourth-order valence-corrected chi connectivity index (χ4v) is 3.07. The number of halogens is 3. The third kappa shape index (κ3) is 4.75. The number of carbonyl (C=O) groups is 1. The van der Waals surface area contributed by atoms with E-state index < -0.39 is 24.0 Å². The Balaban J connectivity index is 3.02. The lowest BCUT2D eigenvalue weighted by molar-refractivity contribution is -0.154. The molecule has 0 spiro atoms. The van der Waals surface area contributed by atoms with Gasteiger partial charge in [0.2, 0.25) is 0 Å². The van der Waals surface area contributed by atoms with Crippen molar-refractivity contribution in [3.8, 4) is 0 Å². The second-order valence-electron chi connectivity index (χ2n) is 5.81.